The van der Waals surface area contributed by atoms with Crippen molar-refractivity contribution in [3.8, 4) is 0 Å². The van der Waals surface area contributed by atoms with Gasteiger partial charge in [0.2, 0.25) is 17.7 Å². The zero-order chi connectivity index (χ0) is 26.6. The Labute approximate surface area is 218 Å². The molecule has 3 N–H and O–H groups in total. The quantitative estimate of drug-likeness (QED) is 0.540. The Morgan fingerprint density at radius 2 is 1.81 bits per heavy atom. The number of piperidine rings is 1. The minimum atomic E-state index is -1.51. The van der Waals surface area contributed by atoms with Gasteiger partial charge in [-0.3, -0.25) is 14.4 Å². The highest BCUT2D eigenvalue weighted by Gasteiger charge is 2.56. The normalized spacial score (nSPS) is 24.2. The molecule has 4 atom stereocenters. The van der Waals surface area contributed by atoms with E-state index in [2.05, 4.69) is 0 Å². The van der Waals surface area contributed by atoms with Gasteiger partial charge in [-0.15, -0.1) is 0 Å². The van der Waals surface area contributed by atoms with Crippen LogP contribution in [0.5, 0.6) is 0 Å². The fourth-order valence-corrected chi connectivity index (χ4v) is 5.88. The highest BCUT2D eigenvalue weighted by atomic mass is 16.5. The highest BCUT2D eigenvalue weighted by molar-refractivity contribution is 5.91. The Kier molecular flexibility index (Phi) is 7.99. The SMILES string of the molecule is CN1CC(c2ccccc2)C2(CCCN(C(=O)[C@@H](COCc3ccccc3)C(C)(CO)C(N)=O)C2)C1=O. The molecule has 2 aliphatic heterocycles. The van der Waals surface area contributed by atoms with E-state index in [1.54, 1.807) is 9.80 Å². The first-order valence-electron chi connectivity index (χ1n) is 12.8. The van der Waals surface area contributed by atoms with Gasteiger partial charge in [0, 0.05) is 32.6 Å². The van der Waals surface area contributed by atoms with Crippen molar-refractivity contribution in [2.75, 3.05) is 39.9 Å². The largest absolute Gasteiger partial charge is 0.395 e. The molecule has 2 aliphatic rings. The van der Waals surface area contributed by atoms with Gasteiger partial charge in [-0.2, -0.15) is 0 Å². The summed E-state index contributed by atoms with van der Waals surface area (Å²) in [7, 11) is 1.81. The van der Waals surface area contributed by atoms with Crippen LogP contribution in [0.25, 0.3) is 0 Å². The number of ether oxygens (including phenoxy) is 1. The van der Waals surface area contributed by atoms with Gasteiger partial charge in [0.1, 0.15) is 0 Å². The zero-order valence-corrected chi connectivity index (χ0v) is 21.6. The molecule has 2 aromatic rings. The summed E-state index contributed by atoms with van der Waals surface area (Å²) in [6.45, 7) is 2.41. The van der Waals surface area contributed by atoms with Crippen LogP contribution < -0.4 is 5.73 Å². The lowest BCUT2D eigenvalue weighted by molar-refractivity contribution is -0.157. The Morgan fingerprint density at radius 1 is 1.16 bits per heavy atom. The third kappa shape index (κ3) is 5.13. The summed E-state index contributed by atoms with van der Waals surface area (Å²) in [6, 6.07) is 19.5. The van der Waals surface area contributed by atoms with E-state index >= 15 is 0 Å². The van der Waals surface area contributed by atoms with E-state index in [4.69, 9.17) is 10.5 Å². The van der Waals surface area contributed by atoms with E-state index < -0.39 is 29.3 Å². The molecule has 0 radical (unpaired) electrons. The molecule has 4 rings (SSSR count). The van der Waals surface area contributed by atoms with Gasteiger partial charge >= 0.3 is 0 Å². The molecule has 2 saturated heterocycles. The number of amides is 3. The molecule has 3 amide bonds. The summed E-state index contributed by atoms with van der Waals surface area (Å²) in [5.74, 6) is -2.08. The number of hydrogen-bond acceptors (Lipinski definition) is 5. The van der Waals surface area contributed by atoms with E-state index in [1.807, 2.05) is 67.7 Å². The molecule has 0 bridgehead atoms. The molecular weight excluding hydrogens is 470 g/mol. The smallest absolute Gasteiger partial charge is 0.231 e. The number of likely N-dealkylation sites (N-methyl/N-ethyl adjacent to an activating group) is 1. The van der Waals surface area contributed by atoms with E-state index in [0.717, 1.165) is 11.1 Å². The van der Waals surface area contributed by atoms with Gasteiger partial charge in [-0.1, -0.05) is 60.7 Å². The standard InChI is InChI=1S/C29H37N3O5/c1-28(20-33,26(30)35)24(18-37-17-21-10-5-3-6-11-21)25(34)32-15-9-14-29(19-32)23(16-31(2)27(29)36)22-12-7-4-8-13-22/h3-8,10-13,23-24,33H,9,14-20H2,1-2H3,(H2,30,35)/t23?,24-,28?,29?/m1/s1. The van der Waals surface area contributed by atoms with Crippen LogP contribution in [0.3, 0.4) is 0 Å². The molecule has 198 valence electrons. The molecule has 8 heteroatoms. The van der Waals surface area contributed by atoms with Crippen molar-refractivity contribution in [3.05, 3.63) is 71.8 Å². The lowest BCUT2D eigenvalue weighted by Gasteiger charge is -2.44. The summed E-state index contributed by atoms with van der Waals surface area (Å²) in [6.07, 6.45) is 1.35. The van der Waals surface area contributed by atoms with Crippen LogP contribution in [-0.4, -0.2) is 72.5 Å². The highest BCUT2D eigenvalue weighted by Crippen LogP contribution is 2.49. The molecule has 2 aromatic carbocycles. The maximum Gasteiger partial charge on any atom is 0.231 e. The Morgan fingerprint density at radius 3 is 2.43 bits per heavy atom. The number of aliphatic hydroxyl groups excluding tert-OH is 1. The summed E-state index contributed by atoms with van der Waals surface area (Å²) in [5.41, 5.74) is 5.47. The minimum absolute atomic E-state index is 0.0375. The summed E-state index contributed by atoms with van der Waals surface area (Å²) < 4.78 is 5.90. The Hall–Kier alpha value is -3.23. The number of likely N-dealkylation sites (tertiary alicyclic amines) is 2. The van der Waals surface area contributed by atoms with Gasteiger partial charge in [-0.25, -0.2) is 0 Å². The Bertz CT molecular complexity index is 1110. The average Bonchev–Trinajstić information content (AvgIpc) is 3.16. The topological polar surface area (TPSA) is 113 Å². The van der Waals surface area contributed by atoms with Crippen molar-refractivity contribution in [1.82, 2.24) is 9.80 Å². The number of aliphatic hydroxyl groups is 1. The number of benzene rings is 2. The lowest BCUT2D eigenvalue weighted by Crippen LogP contribution is -2.57. The van der Waals surface area contributed by atoms with Crippen molar-refractivity contribution < 1.29 is 24.2 Å². The second-order valence-corrected chi connectivity index (χ2v) is 10.7. The average molecular weight is 508 g/mol. The molecule has 8 nitrogen and oxygen atoms in total. The number of primary amides is 1. The van der Waals surface area contributed by atoms with Crippen LogP contribution in [0.2, 0.25) is 0 Å². The second-order valence-electron chi connectivity index (χ2n) is 10.7. The van der Waals surface area contributed by atoms with Crippen molar-refractivity contribution in [2.24, 2.45) is 22.5 Å². The molecule has 0 aromatic heterocycles. The van der Waals surface area contributed by atoms with Crippen LogP contribution in [0.1, 0.15) is 36.8 Å². The van der Waals surface area contributed by atoms with Crippen LogP contribution in [0.4, 0.5) is 0 Å². The van der Waals surface area contributed by atoms with Crippen molar-refractivity contribution in [2.45, 2.75) is 32.3 Å². The first-order valence-corrected chi connectivity index (χ1v) is 12.8. The van der Waals surface area contributed by atoms with E-state index in [0.29, 0.717) is 25.9 Å². The minimum Gasteiger partial charge on any atom is -0.395 e. The summed E-state index contributed by atoms with van der Waals surface area (Å²) >= 11 is 0. The molecule has 2 heterocycles. The maximum absolute atomic E-state index is 14.0. The lowest BCUT2D eigenvalue weighted by atomic mass is 9.68. The number of nitrogens with two attached hydrogens (primary N) is 1. The van der Waals surface area contributed by atoms with Crippen molar-refractivity contribution in [1.29, 1.82) is 0 Å². The molecule has 0 saturated carbocycles. The molecule has 2 fully saturated rings. The first-order chi connectivity index (χ1) is 17.7. The molecular formula is C29H37N3O5. The van der Waals surface area contributed by atoms with Gasteiger partial charge in [0.15, 0.2) is 0 Å². The molecule has 3 unspecified atom stereocenters. The van der Waals surface area contributed by atoms with Crippen LogP contribution in [-0.2, 0) is 25.7 Å². The number of hydrogen-bond donors (Lipinski definition) is 2. The molecule has 1 spiro atoms. The van der Waals surface area contributed by atoms with Gasteiger partial charge in [0.05, 0.1) is 36.6 Å². The van der Waals surface area contributed by atoms with Gasteiger partial charge < -0.3 is 25.4 Å². The van der Waals surface area contributed by atoms with E-state index in [1.165, 1.54) is 6.92 Å². The van der Waals surface area contributed by atoms with Crippen molar-refractivity contribution >= 4 is 17.7 Å². The first kappa shape index (κ1) is 26.8. The fourth-order valence-electron chi connectivity index (χ4n) is 5.88. The fraction of sp³-hybridized carbons (Fsp3) is 0.483. The number of carbonyl (C=O) groups is 3. The monoisotopic (exact) mass is 507 g/mol. The Balaban J connectivity index is 1.60. The third-order valence-electron chi connectivity index (χ3n) is 8.29. The van der Waals surface area contributed by atoms with E-state index in [9.17, 15) is 19.5 Å². The van der Waals surface area contributed by atoms with Gasteiger partial charge in [-0.05, 0) is 30.9 Å². The van der Waals surface area contributed by atoms with Crippen molar-refractivity contribution in [3.63, 3.8) is 0 Å². The predicted molar refractivity (Wildman–Crippen MR) is 139 cm³/mol. The van der Waals surface area contributed by atoms with Crippen LogP contribution in [0.15, 0.2) is 60.7 Å². The predicted octanol–water partition coefficient (Wildman–Crippen LogP) is 2.17. The number of nitrogens with zero attached hydrogens (tertiary/aromatic N) is 2. The van der Waals surface area contributed by atoms with E-state index in [-0.39, 0.29) is 37.5 Å². The molecule has 37 heavy (non-hydrogen) atoms. The third-order valence-corrected chi connectivity index (χ3v) is 8.29. The van der Waals surface area contributed by atoms with Gasteiger partial charge in [0.25, 0.3) is 0 Å². The maximum atomic E-state index is 14.0. The van der Waals surface area contributed by atoms with Crippen LogP contribution >= 0.6 is 0 Å². The zero-order valence-electron chi connectivity index (χ0n) is 21.6. The molecule has 0 aliphatic carbocycles. The number of carbonyl (C=O) groups excluding carboxylic acids is 3. The summed E-state index contributed by atoms with van der Waals surface area (Å²) in [4.78, 5) is 43.5. The second kappa shape index (κ2) is 11.0. The summed E-state index contributed by atoms with van der Waals surface area (Å²) in [5, 5.41) is 10.2. The number of rotatable bonds is 9. The van der Waals surface area contributed by atoms with Crippen LogP contribution in [0, 0.1) is 16.7 Å².